The van der Waals surface area contributed by atoms with E-state index in [4.69, 9.17) is 9.47 Å². The van der Waals surface area contributed by atoms with E-state index in [9.17, 15) is 4.79 Å². The van der Waals surface area contributed by atoms with Crippen molar-refractivity contribution in [3.63, 3.8) is 0 Å². The van der Waals surface area contributed by atoms with Crippen LogP contribution in [-0.2, 0) is 4.79 Å². The molecule has 0 aliphatic rings. The summed E-state index contributed by atoms with van der Waals surface area (Å²) in [6, 6.07) is 7.28. The second kappa shape index (κ2) is 5.39. The van der Waals surface area contributed by atoms with E-state index in [0.717, 1.165) is 5.75 Å². The van der Waals surface area contributed by atoms with E-state index in [1.54, 1.807) is 13.0 Å². The molecule has 1 unspecified atom stereocenters. The van der Waals surface area contributed by atoms with Crippen LogP contribution in [0.15, 0.2) is 24.3 Å². The molecule has 0 aliphatic heterocycles. The average molecular weight is 208 g/mol. The smallest absolute Gasteiger partial charge is 0.169 e. The summed E-state index contributed by atoms with van der Waals surface area (Å²) in [7, 11) is 0. The molecule has 1 aromatic rings. The summed E-state index contributed by atoms with van der Waals surface area (Å²) >= 11 is 0. The first kappa shape index (κ1) is 11.6. The van der Waals surface area contributed by atoms with Crippen LogP contribution in [0.2, 0.25) is 0 Å². The molecule has 0 aromatic heterocycles. The molecule has 82 valence electrons. The number of hydrogen-bond donors (Lipinski definition) is 0. The molecule has 0 fully saturated rings. The van der Waals surface area contributed by atoms with Gasteiger partial charge in [0.05, 0.1) is 6.61 Å². The van der Waals surface area contributed by atoms with Gasteiger partial charge in [-0.15, -0.1) is 0 Å². The lowest BCUT2D eigenvalue weighted by Gasteiger charge is -2.12. The van der Waals surface area contributed by atoms with Gasteiger partial charge in [-0.25, -0.2) is 0 Å². The number of benzene rings is 1. The SMILES string of the molecule is CCOc1cccc(OC(C)C(C)=O)c1. The summed E-state index contributed by atoms with van der Waals surface area (Å²) in [4.78, 5) is 11.0. The zero-order valence-electron chi connectivity index (χ0n) is 9.32. The van der Waals surface area contributed by atoms with Crippen molar-refractivity contribution in [2.24, 2.45) is 0 Å². The van der Waals surface area contributed by atoms with Crippen LogP contribution in [-0.4, -0.2) is 18.5 Å². The van der Waals surface area contributed by atoms with E-state index < -0.39 is 6.10 Å². The third-order valence-corrected chi connectivity index (χ3v) is 2.00. The molecular formula is C12H16O3. The highest BCUT2D eigenvalue weighted by atomic mass is 16.5. The molecule has 0 aliphatic carbocycles. The van der Waals surface area contributed by atoms with Gasteiger partial charge < -0.3 is 9.47 Å². The van der Waals surface area contributed by atoms with E-state index in [0.29, 0.717) is 12.4 Å². The van der Waals surface area contributed by atoms with E-state index >= 15 is 0 Å². The fraction of sp³-hybridized carbons (Fsp3) is 0.417. The predicted molar refractivity (Wildman–Crippen MR) is 58.4 cm³/mol. The van der Waals surface area contributed by atoms with Gasteiger partial charge in [-0.2, -0.15) is 0 Å². The normalized spacial score (nSPS) is 11.9. The standard InChI is InChI=1S/C12H16O3/c1-4-14-11-6-5-7-12(8-11)15-10(3)9(2)13/h5-8,10H,4H2,1-3H3. The summed E-state index contributed by atoms with van der Waals surface area (Å²) < 4.78 is 10.8. The number of ketones is 1. The highest BCUT2D eigenvalue weighted by molar-refractivity contribution is 5.80. The van der Waals surface area contributed by atoms with Crippen LogP contribution in [0.1, 0.15) is 20.8 Å². The lowest BCUT2D eigenvalue weighted by atomic mass is 10.3. The van der Waals surface area contributed by atoms with Crippen LogP contribution in [0.25, 0.3) is 0 Å². The van der Waals surface area contributed by atoms with Crippen molar-refractivity contribution in [3.8, 4) is 11.5 Å². The molecule has 0 bridgehead atoms. The van der Waals surface area contributed by atoms with Gasteiger partial charge in [-0.1, -0.05) is 6.07 Å². The Balaban J connectivity index is 2.68. The molecule has 15 heavy (non-hydrogen) atoms. The molecule has 0 N–H and O–H groups in total. The van der Waals surface area contributed by atoms with Crippen molar-refractivity contribution in [1.29, 1.82) is 0 Å². The third kappa shape index (κ3) is 3.62. The van der Waals surface area contributed by atoms with Crippen molar-refractivity contribution in [2.45, 2.75) is 26.9 Å². The van der Waals surface area contributed by atoms with Gasteiger partial charge in [0.2, 0.25) is 0 Å². The number of hydrogen-bond acceptors (Lipinski definition) is 3. The average Bonchev–Trinajstić information content (AvgIpc) is 2.18. The number of Topliss-reactive ketones (excluding diaryl/α,β-unsaturated/α-hetero) is 1. The van der Waals surface area contributed by atoms with Gasteiger partial charge in [0.1, 0.15) is 11.5 Å². The predicted octanol–water partition coefficient (Wildman–Crippen LogP) is 2.44. The van der Waals surface area contributed by atoms with Crippen LogP contribution in [0.4, 0.5) is 0 Å². The maximum Gasteiger partial charge on any atom is 0.169 e. The summed E-state index contributed by atoms with van der Waals surface area (Å²) in [5.41, 5.74) is 0. The Morgan fingerprint density at radius 1 is 1.40 bits per heavy atom. The Kier molecular flexibility index (Phi) is 4.16. The Morgan fingerprint density at radius 3 is 2.67 bits per heavy atom. The molecular weight excluding hydrogens is 192 g/mol. The summed E-state index contributed by atoms with van der Waals surface area (Å²) in [5, 5.41) is 0. The van der Waals surface area contributed by atoms with Crippen LogP contribution in [0.5, 0.6) is 11.5 Å². The van der Waals surface area contributed by atoms with E-state index in [2.05, 4.69) is 0 Å². The molecule has 3 nitrogen and oxygen atoms in total. The molecule has 0 heterocycles. The number of ether oxygens (including phenoxy) is 2. The van der Waals surface area contributed by atoms with Crippen molar-refractivity contribution < 1.29 is 14.3 Å². The van der Waals surface area contributed by atoms with Gasteiger partial charge in [0, 0.05) is 6.07 Å². The van der Waals surface area contributed by atoms with Crippen LogP contribution < -0.4 is 9.47 Å². The minimum absolute atomic E-state index is 0.0109. The van der Waals surface area contributed by atoms with Crippen molar-refractivity contribution in [2.75, 3.05) is 6.61 Å². The minimum atomic E-state index is -0.415. The first-order valence-electron chi connectivity index (χ1n) is 5.03. The molecule has 1 atom stereocenters. The summed E-state index contributed by atoms with van der Waals surface area (Å²) in [6.45, 7) is 5.78. The topological polar surface area (TPSA) is 35.5 Å². The second-order valence-corrected chi connectivity index (χ2v) is 3.28. The Morgan fingerprint density at radius 2 is 2.07 bits per heavy atom. The molecule has 0 amide bonds. The highest BCUT2D eigenvalue weighted by Crippen LogP contribution is 2.20. The monoisotopic (exact) mass is 208 g/mol. The highest BCUT2D eigenvalue weighted by Gasteiger charge is 2.09. The van der Waals surface area contributed by atoms with Crippen molar-refractivity contribution in [1.82, 2.24) is 0 Å². The zero-order valence-corrected chi connectivity index (χ0v) is 9.32. The van der Waals surface area contributed by atoms with Gasteiger partial charge in [-0.05, 0) is 32.9 Å². The van der Waals surface area contributed by atoms with E-state index in [-0.39, 0.29) is 5.78 Å². The van der Waals surface area contributed by atoms with Crippen LogP contribution >= 0.6 is 0 Å². The lowest BCUT2D eigenvalue weighted by Crippen LogP contribution is -2.20. The maximum absolute atomic E-state index is 11.0. The first-order chi connectivity index (χ1) is 7.13. The molecule has 1 aromatic carbocycles. The molecule has 3 heteroatoms. The van der Waals surface area contributed by atoms with Gasteiger partial charge >= 0.3 is 0 Å². The Bertz CT molecular complexity index is 333. The number of carbonyl (C=O) groups excluding carboxylic acids is 1. The van der Waals surface area contributed by atoms with Crippen molar-refractivity contribution >= 4 is 5.78 Å². The Labute approximate surface area is 90.0 Å². The molecule has 0 spiro atoms. The van der Waals surface area contributed by atoms with Gasteiger partial charge in [-0.3, -0.25) is 4.79 Å². The molecule has 0 saturated heterocycles. The quantitative estimate of drug-likeness (QED) is 0.745. The molecule has 0 radical (unpaired) electrons. The maximum atomic E-state index is 11.0. The minimum Gasteiger partial charge on any atom is -0.494 e. The van der Waals surface area contributed by atoms with Crippen molar-refractivity contribution in [3.05, 3.63) is 24.3 Å². The molecule has 1 rings (SSSR count). The number of carbonyl (C=O) groups is 1. The Hall–Kier alpha value is -1.51. The fourth-order valence-electron chi connectivity index (χ4n) is 1.09. The first-order valence-corrected chi connectivity index (χ1v) is 5.03. The van der Waals surface area contributed by atoms with Gasteiger partial charge in [0.15, 0.2) is 11.9 Å². The zero-order chi connectivity index (χ0) is 11.3. The summed E-state index contributed by atoms with van der Waals surface area (Å²) in [6.07, 6.45) is -0.415. The number of rotatable bonds is 5. The largest absolute Gasteiger partial charge is 0.494 e. The van der Waals surface area contributed by atoms with E-state index in [1.807, 2.05) is 25.1 Å². The summed E-state index contributed by atoms with van der Waals surface area (Å²) in [5.74, 6) is 1.42. The third-order valence-electron chi connectivity index (χ3n) is 2.00. The lowest BCUT2D eigenvalue weighted by molar-refractivity contribution is -0.122. The fourth-order valence-corrected chi connectivity index (χ4v) is 1.09. The van der Waals surface area contributed by atoms with Gasteiger partial charge in [0.25, 0.3) is 0 Å². The second-order valence-electron chi connectivity index (χ2n) is 3.28. The van der Waals surface area contributed by atoms with Crippen LogP contribution in [0, 0.1) is 0 Å². The van der Waals surface area contributed by atoms with Crippen LogP contribution in [0.3, 0.4) is 0 Å². The van der Waals surface area contributed by atoms with E-state index in [1.165, 1.54) is 6.92 Å². The molecule has 0 saturated carbocycles.